The average molecular weight is 254 g/mol. The van der Waals surface area contributed by atoms with E-state index in [1.165, 1.54) is 6.42 Å². The van der Waals surface area contributed by atoms with E-state index >= 15 is 0 Å². The topological polar surface area (TPSA) is 64.3 Å². The van der Waals surface area contributed by atoms with Crippen molar-refractivity contribution < 1.29 is 9.53 Å². The smallest absolute Gasteiger partial charge is 0.220 e. The van der Waals surface area contributed by atoms with E-state index in [1.807, 2.05) is 0 Å². The number of nitrogens with one attached hydrogen (secondary N) is 1. The zero-order valence-corrected chi connectivity index (χ0v) is 11.4. The number of carbonyl (C=O) groups excluding carboxylic acids is 1. The number of ether oxygens (including phenoxy) is 1. The van der Waals surface area contributed by atoms with Crippen LogP contribution in [-0.2, 0) is 9.53 Å². The molecule has 1 heterocycles. The van der Waals surface area contributed by atoms with Gasteiger partial charge in [0.25, 0.3) is 0 Å². The largest absolute Gasteiger partial charge is 0.381 e. The SMILES string of the molecule is CCC(NC1CCC(C(N)=O)CC1)C1CCOC1. The van der Waals surface area contributed by atoms with Crippen LogP contribution in [0.25, 0.3) is 0 Å². The van der Waals surface area contributed by atoms with Crippen LogP contribution in [0.4, 0.5) is 0 Å². The van der Waals surface area contributed by atoms with Gasteiger partial charge in [0.1, 0.15) is 0 Å². The Kier molecular flexibility index (Phi) is 5.01. The van der Waals surface area contributed by atoms with Crippen LogP contribution in [0.2, 0.25) is 0 Å². The molecule has 0 aromatic heterocycles. The summed E-state index contributed by atoms with van der Waals surface area (Å²) in [6, 6.07) is 1.13. The quantitative estimate of drug-likeness (QED) is 0.780. The van der Waals surface area contributed by atoms with E-state index < -0.39 is 0 Å². The lowest BCUT2D eigenvalue weighted by Gasteiger charge is -2.32. The zero-order chi connectivity index (χ0) is 13.0. The number of amides is 1. The second-order valence-electron chi connectivity index (χ2n) is 5.76. The Bertz CT molecular complexity index is 269. The third-order valence-corrected chi connectivity index (χ3v) is 4.55. The van der Waals surface area contributed by atoms with Crippen LogP contribution in [0.15, 0.2) is 0 Å². The van der Waals surface area contributed by atoms with Crippen molar-refractivity contribution in [2.75, 3.05) is 13.2 Å². The Morgan fingerprint density at radius 2 is 2.06 bits per heavy atom. The summed E-state index contributed by atoms with van der Waals surface area (Å²) in [6.07, 6.45) is 6.40. The van der Waals surface area contributed by atoms with E-state index in [1.54, 1.807) is 0 Å². The maximum absolute atomic E-state index is 11.1. The zero-order valence-electron chi connectivity index (χ0n) is 11.4. The third kappa shape index (κ3) is 3.45. The molecule has 2 unspecified atom stereocenters. The van der Waals surface area contributed by atoms with Gasteiger partial charge in [-0.1, -0.05) is 6.92 Å². The van der Waals surface area contributed by atoms with Gasteiger partial charge in [0, 0.05) is 24.6 Å². The number of nitrogens with two attached hydrogens (primary N) is 1. The van der Waals surface area contributed by atoms with E-state index in [2.05, 4.69) is 12.2 Å². The van der Waals surface area contributed by atoms with E-state index in [-0.39, 0.29) is 11.8 Å². The fourth-order valence-electron chi connectivity index (χ4n) is 3.30. The van der Waals surface area contributed by atoms with Crippen LogP contribution < -0.4 is 11.1 Å². The molecule has 0 bridgehead atoms. The van der Waals surface area contributed by atoms with Gasteiger partial charge in [-0.15, -0.1) is 0 Å². The highest BCUT2D eigenvalue weighted by Gasteiger charge is 2.29. The Hall–Kier alpha value is -0.610. The van der Waals surface area contributed by atoms with Gasteiger partial charge in [-0.2, -0.15) is 0 Å². The first kappa shape index (κ1) is 13.8. The minimum absolute atomic E-state index is 0.109. The number of hydrogen-bond donors (Lipinski definition) is 2. The molecule has 104 valence electrons. The maximum Gasteiger partial charge on any atom is 0.220 e. The van der Waals surface area contributed by atoms with E-state index in [9.17, 15) is 4.79 Å². The van der Waals surface area contributed by atoms with Gasteiger partial charge in [-0.3, -0.25) is 4.79 Å². The average Bonchev–Trinajstić information content (AvgIpc) is 2.90. The molecule has 0 radical (unpaired) electrons. The molecule has 18 heavy (non-hydrogen) atoms. The van der Waals surface area contributed by atoms with Gasteiger partial charge in [-0.05, 0) is 44.4 Å². The Morgan fingerprint density at radius 1 is 1.33 bits per heavy atom. The van der Waals surface area contributed by atoms with Crippen molar-refractivity contribution in [2.45, 2.75) is 57.5 Å². The van der Waals surface area contributed by atoms with E-state index in [0.717, 1.165) is 45.3 Å². The monoisotopic (exact) mass is 254 g/mol. The lowest BCUT2D eigenvalue weighted by molar-refractivity contribution is -0.122. The fraction of sp³-hybridized carbons (Fsp3) is 0.929. The van der Waals surface area contributed by atoms with Crippen LogP contribution in [0.5, 0.6) is 0 Å². The number of rotatable bonds is 5. The van der Waals surface area contributed by atoms with Gasteiger partial charge in [0.15, 0.2) is 0 Å². The molecule has 1 aliphatic carbocycles. The first-order valence-electron chi connectivity index (χ1n) is 7.33. The van der Waals surface area contributed by atoms with Crippen LogP contribution in [-0.4, -0.2) is 31.2 Å². The van der Waals surface area contributed by atoms with Crippen molar-refractivity contribution in [3.8, 4) is 0 Å². The Morgan fingerprint density at radius 3 is 2.56 bits per heavy atom. The molecule has 1 saturated carbocycles. The second-order valence-corrected chi connectivity index (χ2v) is 5.76. The molecule has 4 heteroatoms. The lowest BCUT2D eigenvalue weighted by Crippen LogP contribution is -2.45. The molecule has 3 N–H and O–H groups in total. The summed E-state index contributed by atoms with van der Waals surface area (Å²) < 4.78 is 5.48. The molecule has 1 amide bonds. The fourth-order valence-corrected chi connectivity index (χ4v) is 3.30. The van der Waals surface area contributed by atoms with Crippen molar-refractivity contribution in [3.63, 3.8) is 0 Å². The molecule has 2 aliphatic rings. The van der Waals surface area contributed by atoms with Gasteiger partial charge in [0.05, 0.1) is 6.61 Å². The van der Waals surface area contributed by atoms with Crippen LogP contribution >= 0.6 is 0 Å². The summed E-state index contributed by atoms with van der Waals surface area (Å²) >= 11 is 0. The summed E-state index contributed by atoms with van der Waals surface area (Å²) in [5, 5.41) is 3.77. The van der Waals surface area contributed by atoms with Gasteiger partial charge in [0.2, 0.25) is 5.91 Å². The molecule has 0 spiro atoms. The molecular formula is C14H26N2O2. The van der Waals surface area contributed by atoms with Crippen LogP contribution in [0.1, 0.15) is 45.4 Å². The third-order valence-electron chi connectivity index (χ3n) is 4.55. The predicted octanol–water partition coefficient (Wildman–Crippen LogP) is 1.44. The van der Waals surface area contributed by atoms with E-state index in [4.69, 9.17) is 10.5 Å². The molecule has 1 aliphatic heterocycles. The van der Waals surface area contributed by atoms with Gasteiger partial charge in [-0.25, -0.2) is 0 Å². The molecule has 2 rings (SSSR count). The summed E-state index contributed by atoms with van der Waals surface area (Å²) in [6.45, 7) is 4.06. The van der Waals surface area contributed by atoms with Crippen LogP contribution in [0.3, 0.4) is 0 Å². The highest BCUT2D eigenvalue weighted by molar-refractivity contribution is 5.76. The summed E-state index contributed by atoms with van der Waals surface area (Å²) in [7, 11) is 0. The lowest BCUT2D eigenvalue weighted by atomic mass is 9.84. The van der Waals surface area contributed by atoms with Crippen molar-refractivity contribution in [2.24, 2.45) is 17.6 Å². The number of hydrogen-bond acceptors (Lipinski definition) is 3. The molecule has 4 nitrogen and oxygen atoms in total. The first-order valence-corrected chi connectivity index (χ1v) is 7.33. The molecule has 2 fully saturated rings. The molecule has 0 aromatic carbocycles. The summed E-state index contributed by atoms with van der Waals surface area (Å²) in [4.78, 5) is 11.1. The predicted molar refractivity (Wildman–Crippen MR) is 71.1 cm³/mol. The summed E-state index contributed by atoms with van der Waals surface area (Å²) in [5.41, 5.74) is 5.36. The highest BCUT2D eigenvalue weighted by atomic mass is 16.5. The highest BCUT2D eigenvalue weighted by Crippen LogP contribution is 2.26. The standard InChI is InChI=1S/C14H26N2O2/c1-2-13(11-7-8-18-9-11)16-12-5-3-10(4-6-12)14(15)17/h10-13,16H,2-9H2,1H3,(H2,15,17). The Labute approximate surface area is 110 Å². The van der Waals surface area contributed by atoms with Crippen molar-refractivity contribution in [1.29, 1.82) is 0 Å². The molecular weight excluding hydrogens is 228 g/mol. The first-order chi connectivity index (χ1) is 8.70. The van der Waals surface area contributed by atoms with Crippen LogP contribution in [0, 0.1) is 11.8 Å². The maximum atomic E-state index is 11.1. The normalized spacial score (nSPS) is 34.4. The van der Waals surface area contributed by atoms with Gasteiger partial charge >= 0.3 is 0 Å². The summed E-state index contributed by atoms with van der Waals surface area (Å²) in [5.74, 6) is 0.659. The molecule has 2 atom stereocenters. The number of carbonyl (C=O) groups is 1. The Balaban J connectivity index is 1.77. The second kappa shape index (κ2) is 6.53. The van der Waals surface area contributed by atoms with Gasteiger partial charge < -0.3 is 15.8 Å². The number of primary amides is 1. The minimum atomic E-state index is -0.121. The van der Waals surface area contributed by atoms with E-state index in [0.29, 0.717) is 18.0 Å². The van der Waals surface area contributed by atoms with Crippen molar-refractivity contribution in [1.82, 2.24) is 5.32 Å². The molecule has 1 saturated heterocycles. The van der Waals surface area contributed by atoms with Crippen molar-refractivity contribution in [3.05, 3.63) is 0 Å². The molecule has 0 aromatic rings. The van der Waals surface area contributed by atoms with Crippen molar-refractivity contribution >= 4 is 5.91 Å². The minimum Gasteiger partial charge on any atom is -0.381 e.